The molecule has 0 saturated carbocycles. The van der Waals surface area contributed by atoms with Gasteiger partial charge >= 0.3 is 0 Å². The van der Waals surface area contributed by atoms with Crippen molar-refractivity contribution in [2.24, 2.45) is 0 Å². The van der Waals surface area contributed by atoms with E-state index in [-0.39, 0.29) is 5.91 Å². The van der Waals surface area contributed by atoms with Gasteiger partial charge in [-0.15, -0.1) is 11.3 Å². The van der Waals surface area contributed by atoms with Crippen molar-refractivity contribution in [3.63, 3.8) is 0 Å². The van der Waals surface area contributed by atoms with Gasteiger partial charge in [-0.3, -0.25) is 14.8 Å². The quantitative estimate of drug-likeness (QED) is 0.362. The average molecular weight is 373 g/mol. The summed E-state index contributed by atoms with van der Waals surface area (Å²) in [4.78, 5) is 24.2. The van der Waals surface area contributed by atoms with Crippen LogP contribution >= 0.6 is 22.9 Å². The second-order valence-corrected chi connectivity index (χ2v) is 6.52. The molecule has 2 amide bonds. The maximum Gasteiger partial charge on any atom is 0.267 e. The van der Waals surface area contributed by atoms with Gasteiger partial charge in [-0.05, 0) is 23.8 Å². The largest absolute Gasteiger partial charge is 0.321 e. The lowest BCUT2D eigenvalue weighted by atomic mass is 10.1. The summed E-state index contributed by atoms with van der Waals surface area (Å²) in [7, 11) is 0. The first-order chi connectivity index (χ1) is 12.1. The molecule has 0 aliphatic carbocycles. The van der Waals surface area contributed by atoms with Crippen LogP contribution in [0.1, 0.15) is 15.2 Å². The van der Waals surface area contributed by atoms with Crippen LogP contribution in [0, 0.1) is 0 Å². The first-order valence-corrected chi connectivity index (χ1v) is 8.49. The van der Waals surface area contributed by atoms with E-state index in [1.165, 1.54) is 22.9 Å². The van der Waals surface area contributed by atoms with E-state index in [4.69, 9.17) is 16.8 Å². The first-order valence-electron chi connectivity index (χ1n) is 7.29. The maximum absolute atomic E-state index is 12.6. The Morgan fingerprint density at radius 1 is 1.08 bits per heavy atom. The molecule has 2 aromatic carbocycles. The molecule has 0 radical (unpaired) electrons. The van der Waals surface area contributed by atoms with E-state index in [2.05, 4.69) is 5.32 Å². The Kier molecular flexibility index (Phi) is 5.14. The SMILES string of the molecule is O=C(/C=C/c1ccccc1NC(=O)c1sc2ccccc2c1Cl)NO. The van der Waals surface area contributed by atoms with Crippen molar-refractivity contribution in [1.29, 1.82) is 0 Å². The standard InChI is InChI=1S/C18H13ClN2O3S/c19-16-12-6-2-4-8-14(12)25-17(16)18(23)20-13-7-3-1-5-11(13)9-10-15(22)21-24/h1-10,24H,(H,20,23)(H,21,22)/b10-9+. The predicted octanol–water partition coefficient (Wildman–Crippen LogP) is 4.33. The van der Waals surface area contributed by atoms with Crippen molar-refractivity contribution in [1.82, 2.24) is 5.48 Å². The van der Waals surface area contributed by atoms with Gasteiger partial charge in [0.15, 0.2) is 0 Å². The van der Waals surface area contributed by atoms with Crippen LogP contribution in [0.2, 0.25) is 5.02 Å². The van der Waals surface area contributed by atoms with E-state index < -0.39 is 5.91 Å². The summed E-state index contributed by atoms with van der Waals surface area (Å²) in [6.07, 6.45) is 2.66. The number of benzene rings is 2. The molecule has 0 aliphatic rings. The van der Waals surface area contributed by atoms with Gasteiger partial charge < -0.3 is 5.32 Å². The van der Waals surface area contributed by atoms with E-state index in [9.17, 15) is 9.59 Å². The highest BCUT2D eigenvalue weighted by Gasteiger charge is 2.17. The first kappa shape index (κ1) is 17.2. The van der Waals surface area contributed by atoms with E-state index in [1.807, 2.05) is 24.3 Å². The fourth-order valence-corrected chi connectivity index (χ4v) is 3.71. The molecular weight excluding hydrogens is 360 g/mol. The zero-order valence-electron chi connectivity index (χ0n) is 12.8. The van der Waals surface area contributed by atoms with E-state index >= 15 is 0 Å². The van der Waals surface area contributed by atoms with Crippen molar-refractivity contribution in [2.45, 2.75) is 0 Å². The highest BCUT2D eigenvalue weighted by Crippen LogP contribution is 2.35. The lowest BCUT2D eigenvalue weighted by Crippen LogP contribution is -2.15. The summed E-state index contributed by atoms with van der Waals surface area (Å²) >= 11 is 7.65. The van der Waals surface area contributed by atoms with Crippen LogP contribution in [-0.4, -0.2) is 17.0 Å². The van der Waals surface area contributed by atoms with Crippen LogP contribution in [0.5, 0.6) is 0 Å². The smallest absolute Gasteiger partial charge is 0.267 e. The highest BCUT2D eigenvalue weighted by atomic mass is 35.5. The molecule has 126 valence electrons. The summed E-state index contributed by atoms with van der Waals surface area (Å²) in [6.45, 7) is 0. The number of para-hydroxylation sites is 1. The number of amides is 2. The average Bonchev–Trinajstić information content (AvgIpc) is 2.98. The van der Waals surface area contributed by atoms with Gasteiger partial charge in [0.05, 0.1) is 5.02 Å². The monoisotopic (exact) mass is 372 g/mol. The molecule has 5 nitrogen and oxygen atoms in total. The molecule has 0 atom stereocenters. The fourth-order valence-electron chi connectivity index (χ4n) is 2.30. The van der Waals surface area contributed by atoms with Gasteiger partial charge in [0.1, 0.15) is 4.88 Å². The van der Waals surface area contributed by atoms with Crippen molar-refractivity contribution >= 4 is 56.6 Å². The topological polar surface area (TPSA) is 78.4 Å². The second kappa shape index (κ2) is 7.48. The number of thiophene rings is 1. The number of halogens is 1. The molecule has 3 aromatic rings. The van der Waals surface area contributed by atoms with E-state index in [0.717, 1.165) is 16.2 Å². The third-order valence-electron chi connectivity index (χ3n) is 3.47. The Hall–Kier alpha value is -2.67. The third kappa shape index (κ3) is 3.71. The van der Waals surface area contributed by atoms with E-state index in [1.54, 1.807) is 24.3 Å². The van der Waals surface area contributed by atoms with Gasteiger partial charge in [-0.2, -0.15) is 0 Å². The Balaban J connectivity index is 1.89. The van der Waals surface area contributed by atoms with Crippen molar-refractivity contribution in [2.75, 3.05) is 5.32 Å². The zero-order valence-corrected chi connectivity index (χ0v) is 14.4. The maximum atomic E-state index is 12.6. The number of hydroxylamine groups is 1. The molecule has 0 bridgehead atoms. The van der Waals surface area contributed by atoms with Gasteiger partial charge in [0.2, 0.25) is 0 Å². The lowest BCUT2D eigenvalue weighted by molar-refractivity contribution is -0.124. The number of rotatable bonds is 4. The van der Waals surface area contributed by atoms with E-state index in [0.29, 0.717) is 21.2 Å². The Morgan fingerprint density at radius 2 is 1.80 bits per heavy atom. The molecule has 0 unspecified atom stereocenters. The van der Waals surface area contributed by atoms with Crippen LogP contribution < -0.4 is 10.8 Å². The molecule has 1 heterocycles. The molecule has 0 aliphatic heterocycles. The number of nitrogens with one attached hydrogen (secondary N) is 2. The fraction of sp³-hybridized carbons (Fsp3) is 0. The number of carbonyl (C=O) groups is 2. The van der Waals surface area contributed by atoms with Crippen LogP contribution in [-0.2, 0) is 4.79 Å². The Labute approximate surface area is 152 Å². The molecule has 0 spiro atoms. The Morgan fingerprint density at radius 3 is 2.56 bits per heavy atom. The van der Waals surface area contributed by atoms with Gasteiger partial charge in [-0.25, -0.2) is 5.48 Å². The summed E-state index contributed by atoms with van der Waals surface area (Å²) < 4.78 is 0.936. The molecule has 3 rings (SSSR count). The molecule has 0 saturated heterocycles. The van der Waals surface area contributed by atoms with Crippen molar-refractivity contribution in [3.8, 4) is 0 Å². The predicted molar refractivity (Wildman–Crippen MR) is 100 cm³/mol. The van der Waals surface area contributed by atoms with Crippen LogP contribution in [0.4, 0.5) is 5.69 Å². The number of hydrogen-bond donors (Lipinski definition) is 3. The van der Waals surface area contributed by atoms with Gasteiger partial charge in [-0.1, -0.05) is 48.0 Å². The highest BCUT2D eigenvalue weighted by molar-refractivity contribution is 7.21. The lowest BCUT2D eigenvalue weighted by Gasteiger charge is -2.07. The van der Waals surface area contributed by atoms with Crippen LogP contribution in [0.3, 0.4) is 0 Å². The summed E-state index contributed by atoms with van der Waals surface area (Å²) in [6, 6.07) is 14.5. The molecule has 1 aromatic heterocycles. The normalized spacial score (nSPS) is 11.0. The molecule has 7 heteroatoms. The van der Waals surface area contributed by atoms with Gasteiger partial charge in [0, 0.05) is 21.8 Å². The second-order valence-electron chi connectivity index (χ2n) is 5.09. The van der Waals surface area contributed by atoms with Crippen molar-refractivity contribution < 1.29 is 14.8 Å². The molecular formula is C18H13ClN2O3S. The Bertz CT molecular complexity index is 981. The summed E-state index contributed by atoms with van der Waals surface area (Å²) in [5, 5.41) is 12.6. The zero-order chi connectivity index (χ0) is 17.8. The van der Waals surface area contributed by atoms with Gasteiger partial charge in [0.25, 0.3) is 11.8 Å². The third-order valence-corrected chi connectivity index (χ3v) is 5.15. The van der Waals surface area contributed by atoms with Crippen LogP contribution in [0.25, 0.3) is 16.2 Å². The molecule has 3 N–H and O–H groups in total. The molecule has 25 heavy (non-hydrogen) atoms. The number of carbonyl (C=O) groups excluding carboxylic acids is 2. The molecule has 0 fully saturated rings. The minimum atomic E-state index is -0.659. The number of anilines is 1. The van der Waals surface area contributed by atoms with Crippen LogP contribution in [0.15, 0.2) is 54.6 Å². The minimum Gasteiger partial charge on any atom is -0.321 e. The van der Waals surface area contributed by atoms with Crippen molar-refractivity contribution in [3.05, 3.63) is 70.1 Å². The summed E-state index contributed by atoms with van der Waals surface area (Å²) in [5.41, 5.74) is 2.67. The summed E-state index contributed by atoms with van der Waals surface area (Å²) in [5.74, 6) is -0.979. The minimum absolute atomic E-state index is 0.321. The number of fused-ring (bicyclic) bond motifs is 1. The number of hydrogen-bond acceptors (Lipinski definition) is 4.